The molecule has 1 amide bonds. The van der Waals surface area contributed by atoms with Crippen LogP contribution in [0.2, 0.25) is 0 Å². The second kappa shape index (κ2) is 13.4. The minimum Gasteiger partial charge on any atom is -0.490 e. The number of anilines is 1. The molecular formula is C34H47ClN2O5S. The molecule has 43 heavy (non-hydrogen) atoms. The summed E-state index contributed by atoms with van der Waals surface area (Å²) < 4.78 is 41.5. The molecule has 0 saturated heterocycles. The average Bonchev–Trinajstić information content (AvgIpc) is 3.13. The summed E-state index contributed by atoms with van der Waals surface area (Å²) in [6, 6.07) is 5.30. The van der Waals surface area contributed by atoms with Crippen LogP contribution >= 0.6 is 11.6 Å². The zero-order chi connectivity index (χ0) is 30.8. The van der Waals surface area contributed by atoms with E-state index in [2.05, 4.69) is 16.2 Å². The third-order valence-corrected chi connectivity index (χ3v) is 12.6. The molecule has 2 aliphatic heterocycles. The number of benzene rings is 1. The molecule has 4 aliphatic rings. The first-order valence-corrected chi connectivity index (χ1v) is 17.9. The summed E-state index contributed by atoms with van der Waals surface area (Å²) in [6.45, 7) is 10.4. The number of allylic oxidation sites excluding steroid dienone is 4. The van der Waals surface area contributed by atoms with Crippen molar-refractivity contribution in [2.24, 2.45) is 17.3 Å². The van der Waals surface area contributed by atoms with Crippen LogP contribution in [-0.2, 0) is 14.8 Å². The predicted octanol–water partition coefficient (Wildman–Crippen LogP) is 7.13. The number of carbonyl (C=O) groups excluding carboxylic acids is 1. The summed E-state index contributed by atoms with van der Waals surface area (Å²) in [5.41, 5.74) is 3.06. The van der Waals surface area contributed by atoms with Crippen LogP contribution in [0.5, 0.6) is 5.75 Å². The monoisotopic (exact) mass is 630 g/mol. The van der Waals surface area contributed by atoms with E-state index in [0.29, 0.717) is 54.2 Å². The maximum Gasteiger partial charge on any atom is 0.264 e. The van der Waals surface area contributed by atoms with Gasteiger partial charge in [-0.25, -0.2) is 13.1 Å². The second-order valence-corrected chi connectivity index (χ2v) is 15.3. The molecule has 2 saturated carbocycles. The van der Waals surface area contributed by atoms with Gasteiger partial charge in [-0.15, -0.1) is 0 Å². The molecule has 1 aromatic rings. The van der Waals surface area contributed by atoms with Gasteiger partial charge in [0.2, 0.25) is 10.0 Å². The minimum absolute atomic E-state index is 0.146. The van der Waals surface area contributed by atoms with Gasteiger partial charge in [0.1, 0.15) is 5.75 Å². The highest BCUT2D eigenvalue weighted by atomic mass is 35.5. The number of amides is 1. The zero-order valence-corrected chi connectivity index (χ0v) is 27.4. The molecule has 5 atom stereocenters. The van der Waals surface area contributed by atoms with Crippen LogP contribution < -0.4 is 14.4 Å². The molecule has 0 radical (unpaired) electrons. The molecule has 236 valence electrons. The van der Waals surface area contributed by atoms with E-state index in [1.54, 1.807) is 13.2 Å². The molecule has 2 aliphatic carbocycles. The van der Waals surface area contributed by atoms with Crippen molar-refractivity contribution < 1.29 is 22.7 Å². The number of ether oxygens (including phenoxy) is 2. The smallest absolute Gasteiger partial charge is 0.264 e. The Morgan fingerprint density at radius 1 is 1.23 bits per heavy atom. The lowest BCUT2D eigenvalue weighted by Gasteiger charge is -2.46. The highest BCUT2D eigenvalue weighted by Gasteiger charge is 2.45. The van der Waals surface area contributed by atoms with Gasteiger partial charge in [-0.2, -0.15) is 0 Å². The molecule has 5 rings (SSSR count). The van der Waals surface area contributed by atoms with Crippen LogP contribution in [0.4, 0.5) is 5.69 Å². The Labute approximate surface area is 262 Å². The number of carbonyl (C=O) groups is 1. The van der Waals surface area contributed by atoms with Crippen molar-refractivity contribution in [1.82, 2.24) is 4.72 Å². The van der Waals surface area contributed by atoms with E-state index in [1.807, 2.05) is 38.1 Å². The van der Waals surface area contributed by atoms with Crippen LogP contribution in [0, 0.1) is 17.3 Å². The molecule has 1 spiro atoms. The first-order valence-electron chi connectivity index (χ1n) is 15.9. The summed E-state index contributed by atoms with van der Waals surface area (Å²) in [5.74, 6) is 1.00. The van der Waals surface area contributed by atoms with Gasteiger partial charge >= 0.3 is 0 Å². The highest BCUT2D eigenvalue weighted by Crippen LogP contribution is 2.49. The van der Waals surface area contributed by atoms with Crippen LogP contribution in [0.25, 0.3) is 0 Å². The number of methoxy groups -OCH3 is 1. The first-order chi connectivity index (χ1) is 20.6. The maximum absolute atomic E-state index is 13.4. The lowest BCUT2D eigenvalue weighted by molar-refractivity contribution is -0.0221. The van der Waals surface area contributed by atoms with E-state index in [-0.39, 0.29) is 11.5 Å². The maximum atomic E-state index is 13.4. The average molecular weight is 631 g/mol. The molecule has 1 aromatic carbocycles. The van der Waals surface area contributed by atoms with E-state index in [4.69, 9.17) is 21.1 Å². The summed E-state index contributed by atoms with van der Waals surface area (Å²) >= 11 is 6.44. The number of hydrogen-bond acceptors (Lipinski definition) is 6. The minimum atomic E-state index is -3.82. The predicted molar refractivity (Wildman–Crippen MR) is 173 cm³/mol. The largest absolute Gasteiger partial charge is 0.490 e. The van der Waals surface area contributed by atoms with E-state index in [1.165, 1.54) is 0 Å². The van der Waals surface area contributed by atoms with Crippen LogP contribution in [0.3, 0.4) is 0 Å². The van der Waals surface area contributed by atoms with E-state index in [0.717, 1.165) is 74.7 Å². The van der Waals surface area contributed by atoms with Crippen molar-refractivity contribution in [2.45, 2.75) is 89.4 Å². The third-order valence-electron chi connectivity index (χ3n) is 10.4. The Morgan fingerprint density at radius 3 is 2.72 bits per heavy atom. The molecular weight excluding hydrogens is 584 g/mol. The lowest BCUT2D eigenvalue weighted by atomic mass is 9.67. The van der Waals surface area contributed by atoms with Gasteiger partial charge < -0.3 is 14.4 Å². The van der Waals surface area contributed by atoms with Crippen molar-refractivity contribution in [3.63, 3.8) is 0 Å². The highest BCUT2D eigenvalue weighted by molar-refractivity contribution is 7.90. The van der Waals surface area contributed by atoms with Crippen molar-refractivity contribution in [2.75, 3.05) is 31.7 Å². The number of nitrogens with one attached hydrogen (secondary N) is 1. The van der Waals surface area contributed by atoms with Gasteiger partial charge in [-0.1, -0.05) is 44.0 Å². The summed E-state index contributed by atoms with van der Waals surface area (Å²) in [4.78, 5) is 15.8. The Morgan fingerprint density at radius 2 is 2.02 bits per heavy atom. The molecule has 0 aromatic heterocycles. The van der Waals surface area contributed by atoms with Crippen molar-refractivity contribution >= 4 is 33.2 Å². The lowest BCUT2D eigenvalue weighted by Crippen LogP contribution is -2.48. The number of halogens is 1. The van der Waals surface area contributed by atoms with Crippen molar-refractivity contribution in [3.05, 3.63) is 58.7 Å². The SMILES string of the molecule is C=C1/C(=C\C(Cl)=C/C)CCC[C@]12COc1ccc3cc1N(C[C@@H]1CC[C@H]1[C@@H](OC)CCCC[C@@H](CC)S(=O)(=O)NC3=O)C2. The van der Waals surface area contributed by atoms with Crippen LogP contribution in [0.15, 0.2) is 53.1 Å². The van der Waals surface area contributed by atoms with Gasteiger partial charge in [0.15, 0.2) is 0 Å². The topological polar surface area (TPSA) is 84.9 Å². The normalized spacial score (nSPS) is 32.8. The molecule has 1 N–H and O–H groups in total. The van der Waals surface area contributed by atoms with E-state index < -0.39 is 21.2 Å². The number of hydrogen-bond donors (Lipinski definition) is 1. The summed E-state index contributed by atoms with van der Waals surface area (Å²) in [5, 5.41) is 0.0906. The summed E-state index contributed by atoms with van der Waals surface area (Å²) in [7, 11) is -2.02. The number of sulfonamides is 1. The van der Waals surface area contributed by atoms with Gasteiger partial charge in [0, 0.05) is 36.2 Å². The van der Waals surface area contributed by atoms with Gasteiger partial charge in [0.05, 0.1) is 23.6 Å². The molecule has 0 unspecified atom stereocenters. The van der Waals surface area contributed by atoms with Crippen LogP contribution in [-0.4, -0.2) is 52.5 Å². The van der Waals surface area contributed by atoms with Crippen molar-refractivity contribution in [3.8, 4) is 5.75 Å². The Hall–Kier alpha value is -2.29. The van der Waals surface area contributed by atoms with E-state index in [9.17, 15) is 13.2 Å². The molecule has 2 bridgehead atoms. The van der Waals surface area contributed by atoms with Crippen molar-refractivity contribution in [1.29, 1.82) is 0 Å². The molecule has 2 heterocycles. The standard InChI is InChI=1S/C34H47ClN2O5S/c1-5-27(35)18-24-10-9-17-34(23(24)3)21-37-20-26-13-15-29(26)31(41-4)12-8-7-11-28(6-2)43(39,40)36-33(38)25-14-16-32(42-22-34)30(37)19-25/h5,14,16,18-19,26,28-29,31H,3,6-13,15,17,20-22H2,1-2,4H3,(H,36,38)/b24-18-,27-5+/t26-,28+,29+,31-,34-/m0/s1. The number of nitrogens with zero attached hydrogens (tertiary/aromatic N) is 1. The van der Waals surface area contributed by atoms with E-state index >= 15 is 0 Å². The Bertz CT molecular complexity index is 1390. The fourth-order valence-electron chi connectivity index (χ4n) is 7.57. The quantitative estimate of drug-likeness (QED) is 0.382. The van der Waals surface area contributed by atoms with Gasteiger partial charge in [-0.3, -0.25) is 4.79 Å². The Kier molecular flexibility index (Phi) is 9.99. The fourth-order valence-corrected chi connectivity index (χ4v) is 9.16. The first kappa shape index (κ1) is 32.1. The fraction of sp³-hybridized carbons (Fsp3) is 0.618. The van der Waals surface area contributed by atoms with Crippen LogP contribution in [0.1, 0.15) is 88.4 Å². The zero-order valence-electron chi connectivity index (χ0n) is 25.9. The van der Waals surface area contributed by atoms with Gasteiger partial charge in [-0.05, 0) is 106 Å². The summed E-state index contributed by atoms with van der Waals surface area (Å²) in [6.07, 6.45) is 12.8. The molecule has 9 heteroatoms. The number of fused-ring (bicyclic) bond motifs is 2. The van der Waals surface area contributed by atoms with Gasteiger partial charge in [0.25, 0.3) is 5.91 Å². The molecule has 2 fully saturated rings. The second-order valence-electron chi connectivity index (χ2n) is 12.9. The third kappa shape index (κ3) is 6.71. The Balaban J connectivity index is 1.55. The number of rotatable bonds is 3. The molecule has 7 nitrogen and oxygen atoms in total.